The summed E-state index contributed by atoms with van der Waals surface area (Å²) in [6.45, 7) is 6.15. The molecule has 1 aliphatic rings. The number of nitrogens with one attached hydrogen (secondary N) is 1. The van der Waals surface area contributed by atoms with Gasteiger partial charge in [-0.15, -0.1) is 0 Å². The minimum Gasteiger partial charge on any atom is -0.359 e. The van der Waals surface area contributed by atoms with Crippen molar-refractivity contribution in [3.05, 3.63) is 75.0 Å². The van der Waals surface area contributed by atoms with Crippen LogP contribution >= 0.6 is 0 Å². The summed E-state index contributed by atoms with van der Waals surface area (Å²) in [6.07, 6.45) is -0.196. The molecule has 1 N–H and O–H groups in total. The molecule has 1 aromatic heterocycles. The van der Waals surface area contributed by atoms with Crippen LogP contribution in [0.1, 0.15) is 28.6 Å². The molecule has 0 bridgehead atoms. The van der Waals surface area contributed by atoms with E-state index in [0.29, 0.717) is 0 Å². The number of non-ortho nitro benzene ring substituents is 1. The van der Waals surface area contributed by atoms with E-state index in [0.717, 1.165) is 28.2 Å². The van der Waals surface area contributed by atoms with Gasteiger partial charge in [0.15, 0.2) is 0 Å². The summed E-state index contributed by atoms with van der Waals surface area (Å²) in [5.74, 6) is 0. The molecule has 25 heavy (non-hydrogen) atoms. The van der Waals surface area contributed by atoms with Crippen molar-refractivity contribution in [1.29, 1.82) is 0 Å². The first-order valence-corrected chi connectivity index (χ1v) is 8.12. The SMILES string of the molecule is Cc1cc(C)c2c(c1)-c1cc(C)nn1C(c1ccc([N+](=O)[O-])cc1)N2. The summed E-state index contributed by atoms with van der Waals surface area (Å²) < 4.78 is 1.96. The monoisotopic (exact) mass is 334 g/mol. The molecule has 0 aliphatic carbocycles. The fourth-order valence-electron chi connectivity index (χ4n) is 3.48. The number of aryl methyl sites for hydroxylation is 3. The van der Waals surface area contributed by atoms with Crippen LogP contribution in [0, 0.1) is 30.9 Å². The van der Waals surface area contributed by atoms with Gasteiger partial charge in [0.1, 0.15) is 6.17 Å². The first kappa shape index (κ1) is 15.4. The Kier molecular flexibility index (Phi) is 3.35. The number of nitro groups is 1. The number of hydrogen-bond acceptors (Lipinski definition) is 4. The second-order valence-electron chi connectivity index (χ2n) is 6.52. The Morgan fingerprint density at radius 3 is 2.52 bits per heavy atom. The molecule has 1 unspecified atom stereocenters. The van der Waals surface area contributed by atoms with E-state index in [1.165, 1.54) is 23.3 Å². The van der Waals surface area contributed by atoms with Gasteiger partial charge in [0.05, 0.1) is 16.3 Å². The predicted octanol–water partition coefficient (Wildman–Crippen LogP) is 4.36. The molecule has 0 amide bonds. The lowest BCUT2D eigenvalue weighted by atomic mass is 9.98. The summed E-state index contributed by atoms with van der Waals surface area (Å²) in [6, 6.07) is 13.0. The fourth-order valence-corrected chi connectivity index (χ4v) is 3.48. The van der Waals surface area contributed by atoms with Crippen LogP contribution in [0.4, 0.5) is 11.4 Å². The minimum atomic E-state index is -0.385. The molecule has 3 aromatic rings. The normalized spacial score (nSPS) is 15.2. The molecule has 2 heterocycles. The summed E-state index contributed by atoms with van der Waals surface area (Å²) in [4.78, 5) is 10.5. The highest BCUT2D eigenvalue weighted by molar-refractivity contribution is 5.81. The van der Waals surface area contributed by atoms with Gasteiger partial charge in [-0.05, 0) is 56.2 Å². The van der Waals surface area contributed by atoms with Crippen LogP contribution in [-0.2, 0) is 0 Å². The lowest BCUT2D eigenvalue weighted by molar-refractivity contribution is -0.384. The third kappa shape index (κ3) is 2.46. The Morgan fingerprint density at radius 2 is 1.84 bits per heavy atom. The third-order valence-electron chi connectivity index (χ3n) is 4.56. The van der Waals surface area contributed by atoms with Gasteiger partial charge in [-0.3, -0.25) is 10.1 Å². The molecule has 0 saturated heterocycles. The van der Waals surface area contributed by atoms with Crippen LogP contribution in [0.5, 0.6) is 0 Å². The summed E-state index contributed by atoms with van der Waals surface area (Å²) >= 11 is 0. The van der Waals surface area contributed by atoms with Gasteiger partial charge >= 0.3 is 0 Å². The van der Waals surface area contributed by atoms with Crippen molar-refractivity contribution in [2.75, 3.05) is 5.32 Å². The van der Waals surface area contributed by atoms with Crippen molar-refractivity contribution < 1.29 is 4.92 Å². The molecule has 2 aromatic carbocycles. The zero-order valence-corrected chi connectivity index (χ0v) is 14.3. The number of nitro benzene ring substituents is 1. The lowest BCUT2D eigenvalue weighted by Gasteiger charge is -2.30. The molecule has 1 aliphatic heterocycles. The second-order valence-corrected chi connectivity index (χ2v) is 6.52. The van der Waals surface area contributed by atoms with E-state index in [2.05, 4.69) is 42.5 Å². The van der Waals surface area contributed by atoms with Gasteiger partial charge in [-0.25, -0.2) is 4.68 Å². The lowest BCUT2D eigenvalue weighted by Crippen LogP contribution is -2.26. The van der Waals surface area contributed by atoms with E-state index in [1.807, 2.05) is 11.6 Å². The standard InChI is InChI=1S/C19H18N4O2/c1-11-8-12(2)18-16(9-11)17-10-13(3)21-22(17)19(20-18)14-4-6-15(7-5-14)23(24)25/h4-10,19-20H,1-3H3. The van der Waals surface area contributed by atoms with Crippen molar-refractivity contribution in [3.63, 3.8) is 0 Å². The number of rotatable bonds is 2. The van der Waals surface area contributed by atoms with E-state index in [4.69, 9.17) is 0 Å². The molecule has 6 heteroatoms. The Morgan fingerprint density at radius 1 is 1.12 bits per heavy atom. The first-order valence-electron chi connectivity index (χ1n) is 8.12. The minimum absolute atomic E-state index is 0.0867. The Bertz CT molecular complexity index is 989. The van der Waals surface area contributed by atoms with Gasteiger partial charge in [0, 0.05) is 23.4 Å². The molecule has 126 valence electrons. The third-order valence-corrected chi connectivity index (χ3v) is 4.56. The van der Waals surface area contributed by atoms with Crippen LogP contribution in [0.3, 0.4) is 0 Å². The van der Waals surface area contributed by atoms with Crippen molar-refractivity contribution in [2.24, 2.45) is 0 Å². The molecule has 0 radical (unpaired) electrons. The average molecular weight is 334 g/mol. The van der Waals surface area contributed by atoms with Crippen molar-refractivity contribution in [3.8, 4) is 11.3 Å². The zero-order valence-electron chi connectivity index (χ0n) is 14.3. The van der Waals surface area contributed by atoms with Gasteiger partial charge in [-0.1, -0.05) is 11.6 Å². The number of benzene rings is 2. The first-order chi connectivity index (χ1) is 11.9. The zero-order chi connectivity index (χ0) is 17.7. The number of fused-ring (bicyclic) bond motifs is 3. The predicted molar refractivity (Wildman–Crippen MR) is 96.7 cm³/mol. The largest absolute Gasteiger partial charge is 0.359 e. The average Bonchev–Trinajstić information content (AvgIpc) is 2.96. The summed E-state index contributed by atoms with van der Waals surface area (Å²) in [5, 5.41) is 19.1. The Labute approximate surface area is 145 Å². The Hall–Kier alpha value is -3.15. The van der Waals surface area contributed by atoms with Gasteiger partial charge in [-0.2, -0.15) is 5.10 Å². The van der Waals surface area contributed by atoms with Crippen LogP contribution < -0.4 is 5.32 Å². The Balaban J connectivity index is 1.87. The molecule has 0 fully saturated rings. The highest BCUT2D eigenvalue weighted by Crippen LogP contribution is 2.41. The van der Waals surface area contributed by atoms with E-state index in [1.54, 1.807) is 12.1 Å². The molecular weight excluding hydrogens is 316 g/mol. The van der Waals surface area contributed by atoms with Gasteiger partial charge in [0.25, 0.3) is 5.69 Å². The fraction of sp³-hybridized carbons (Fsp3) is 0.211. The van der Waals surface area contributed by atoms with Gasteiger partial charge in [0.2, 0.25) is 0 Å². The quantitative estimate of drug-likeness (QED) is 0.558. The van der Waals surface area contributed by atoms with Crippen LogP contribution in [0.15, 0.2) is 42.5 Å². The van der Waals surface area contributed by atoms with E-state index < -0.39 is 0 Å². The molecular formula is C19H18N4O2. The maximum absolute atomic E-state index is 10.9. The maximum atomic E-state index is 10.9. The van der Waals surface area contributed by atoms with Crippen LogP contribution in [-0.4, -0.2) is 14.7 Å². The molecule has 4 rings (SSSR count). The van der Waals surface area contributed by atoms with Crippen LogP contribution in [0.25, 0.3) is 11.3 Å². The van der Waals surface area contributed by atoms with Crippen molar-refractivity contribution in [2.45, 2.75) is 26.9 Å². The van der Waals surface area contributed by atoms with Crippen molar-refractivity contribution >= 4 is 11.4 Å². The molecule has 1 atom stereocenters. The number of anilines is 1. The number of nitrogens with zero attached hydrogens (tertiary/aromatic N) is 3. The van der Waals surface area contributed by atoms with E-state index in [-0.39, 0.29) is 16.8 Å². The molecule has 6 nitrogen and oxygen atoms in total. The highest BCUT2D eigenvalue weighted by atomic mass is 16.6. The number of hydrogen-bond donors (Lipinski definition) is 1. The van der Waals surface area contributed by atoms with Crippen LogP contribution in [0.2, 0.25) is 0 Å². The number of aromatic nitrogens is 2. The topological polar surface area (TPSA) is 73.0 Å². The van der Waals surface area contributed by atoms with Gasteiger partial charge < -0.3 is 5.32 Å². The molecule has 0 spiro atoms. The van der Waals surface area contributed by atoms with Crippen molar-refractivity contribution in [1.82, 2.24) is 9.78 Å². The highest BCUT2D eigenvalue weighted by Gasteiger charge is 2.27. The molecule has 0 saturated carbocycles. The van der Waals surface area contributed by atoms with E-state index >= 15 is 0 Å². The summed E-state index contributed by atoms with van der Waals surface area (Å²) in [7, 11) is 0. The smallest absolute Gasteiger partial charge is 0.269 e. The summed E-state index contributed by atoms with van der Waals surface area (Å²) in [5.41, 5.74) is 7.61. The second kappa shape index (κ2) is 5.44. The van der Waals surface area contributed by atoms with E-state index in [9.17, 15) is 10.1 Å². The maximum Gasteiger partial charge on any atom is 0.269 e.